The first-order valence-electron chi connectivity index (χ1n) is 5.97. The van der Waals surface area contributed by atoms with Crippen LogP contribution >= 0.6 is 0 Å². The number of benzene rings is 2. The molecule has 21 heavy (non-hydrogen) atoms. The maximum Gasteiger partial charge on any atom is 0.238 e. The van der Waals surface area contributed by atoms with Crippen LogP contribution in [0.1, 0.15) is 11.1 Å². The van der Waals surface area contributed by atoms with Crippen LogP contribution in [0.3, 0.4) is 0 Å². The summed E-state index contributed by atoms with van der Waals surface area (Å²) in [6, 6.07) is 7.15. The van der Waals surface area contributed by atoms with Crippen molar-refractivity contribution in [3.8, 4) is 5.75 Å². The fourth-order valence-electron chi connectivity index (χ4n) is 1.77. The molecule has 0 bridgehead atoms. The third kappa shape index (κ3) is 3.77. The Kier molecular flexibility index (Phi) is 4.24. The molecule has 2 N–H and O–H groups in total. The van der Waals surface area contributed by atoms with Crippen LogP contribution in [0.25, 0.3) is 0 Å². The minimum Gasteiger partial charge on any atom is -0.489 e. The van der Waals surface area contributed by atoms with Crippen molar-refractivity contribution in [2.24, 2.45) is 5.14 Å². The SMILES string of the molecule is Cc1cc(S(N)(=O)=O)ccc1OCc1cc(F)ccc1F. The average Bonchev–Trinajstić information content (AvgIpc) is 2.40. The van der Waals surface area contributed by atoms with Crippen LogP contribution in [0, 0.1) is 18.6 Å². The molecule has 4 nitrogen and oxygen atoms in total. The first-order valence-corrected chi connectivity index (χ1v) is 7.52. The van der Waals surface area contributed by atoms with E-state index in [4.69, 9.17) is 9.88 Å². The summed E-state index contributed by atoms with van der Waals surface area (Å²) in [4.78, 5) is -0.0377. The van der Waals surface area contributed by atoms with Crippen molar-refractivity contribution in [1.29, 1.82) is 0 Å². The summed E-state index contributed by atoms with van der Waals surface area (Å²) in [6.07, 6.45) is 0. The molecule has 0 aliphatic carbocycles. The highest BCUT2D eigenvalue weighted by Gasteiger charge is 2.11. The number of halogens is 2. The normalized spacial score (nSPS) is 11.4. The lowest BCUT2D eigenvalue weighted by atomic mass is 10.2. The van der Waals surface area contributed by atoms with Crippen LogP contribution in [0.4, 0.5) is 8.78 Å². The summed E-state index contributed by atoms with van der Waals surface area (Å²) in [5, 5.41) is 5.02. The zero-order chi connectivity index (χ0) is 15.6. The monoisotopic (exact) mass is 313 g/mol. The van der Waals surface area contributed by atoms with Gasteiger partial charge in [0.25, 0.3) is 0 Å². The molecule has 0 radical (unpaired) electrons. The Morgan fingerprint density at radius 3 is 2.48 bits per heavy atom. The second-order valence-corrected chi connectivity index (χ2v) is 6.06. The van der Waals surface area contributed by atoms with E-state index in [0.717, 1.165) is 18.2 Å². The highest BCUT2D eigenvalue weighted by Crippen LogP contribution is 2.22. The Labute approximate surface area is 121 Å². The number of hydrogen-bond acceptors (Lipinski definition) is 3. The predicted molar refractivity (Wildman–Crippen MR) is 73.2 cm³/mol. The highest BCUT2D eigenvalue weighted by molar-refractivity contribution is 7.89. The molecular weight excluding hydrogens is 300 g/mol. The lowest BCUT2D eigenvalue weighted by molar-refractivity contribution is 0.297. The van der Waals surface area contributed by atoms with Crippen molar-refractivity contribution < 1.29 is 21.9 Å². The van der Waals surface area contributed by atoms with Crippen LogP contribution in [0.15, 0.2) is 41.3 Å². The molecule has 0 heterocycles. The first-order chi connectivity index (χ1) is 9.77. The Morgan fingerprint density at radius 2 is 1.86 bits per heavy atom. The highest BCUT2D eigenvalue weighted by atomic mass is 32.2. The van der Waals surface area contributed by atoms with Gasteiger partial charge in [0.2, 0.25) is 10.0 Å². The fraction of sp³-hybridized carbons (Fsp3) is 0.143. The number of ether oxygens (including phenoxy) is 1. The number of hydrogen-bond donors (Lipinski definition) is 1. The van der Waals surface area contributed by atoms with Crippen molar-refractivity contribution in [2.75, 3.05) is 0 Å². The molecule has 2 aromatic carbocycles. The molecule has 112 valence electrons. The zero-order valence-electron chi connectivity index (χ0n) is 11.1. The summed E-state index contributed by atoms with van der Waals surface area (Å²) in [5.41, 5.74) is 0.600. The quantitative estimate of drug-likeness (QED) is 0.943. The number of aryl methyl sites for hydroxylation is 1. The number of primary sulfonamides is 1. The molecule has 0 aliphatic rings. The summed E-state index contributed by atoms with van der Waals surface area (Å²) < 4.78 is 54.3. The van der Waals surface area contributed by atoms with Crippen molar-refractivity contribution in [1.82, 2.24) is 0 Å². The molecule has 0 saturated carbocycles. The molecule has 0 aliphatic heterocycles. The average molecular weight is 313 g/mol. The molecule has 0 spiro atoms. The maximum absolute atomic E-state index is 13.5. The first kappa shape index (κ1) is 15.4. The fourth-order valence-corrected chi connectivity index (χ4v) is 2.37. The van der Waals surface area contributed by atoms with E-state index in [-0.39, 0.29) is 17.1 Å². The van der Waals surface area contributed by atoms with Gasteiger partial charge in [-0.25, -0.2) is 22.3 Å². The molecule has 0 aromatic heterocycles. The maximum atomic E-state index is 13.5. The number of nitrogens with two attached hydrogens (primary N) is 1. The standard InChI is InChI=1S/C14H13F2NO3S/c1-9-6-12(21(17,18)19)3-5-14(9)20-8-10-7-11(15)2-4-13(10)16/h2-7H,8H2,1H3,(H2,17,18,19). The largest absolute Gasteiger partial charge is 0.489 e. The van der Waals surface area contributed by atoms with E-state index in [1.807, 2.05) is 0 Å². The van der Waals surface area contributed by atoms with Gasteiger partial charge >= 0.3 is 0 Å². The third-order valence-corrected chi connectivity index (χ3v) is 3.78. The summed E-state index contributed by atoms with van der Waals surface area (Å²) in [7, 11) is -3.79. The van der Waals surface area contributed by atoms with E-state index < -0.39 is 21.7 Å². The second-order valence-electron chi connectivity index (χ2n) is 4.50. The minimum absolute atomic E-state index is 0.0377. The number of sulfonamides is 1. The van der Waals surface area contributed by atoms with E-state index in [0.29, 0.717) is 11.3 Å². The predicted octanol–water partition coefficient (Wildman–Crippen LogP) is 2.50. The molecule has 2 aromatic rings. The minimum atomic E-state index is -3.79. The van der Waals surface area contributed by atoms with E-state index in [1.165, 1.54) is 18.2 Å². The van der Waals surface area contributed by atoms with Crippen LogP contribution in [-0.4, -0.2) is 8.42 Å². The molecule has 0 atom stereocenters. The molecule has 0 fully saturated rings. The molecule has 2 rings (SSSR count). The number of rotatable bonds is 4. The molecule has 7 heteroatoms. The summed E-state index contributed by atoms with van der Waals surface area (Å²) in [5.74, 6) is -0.766. The van der Waals surface area contributed by atoms with Gasteiger partial charge in [-0.15, -0.1) is 0 Å². The van der Waals surface area contributed by atoms with Gasteiger partial charge in [0.15, 0.2) is 0 Å². The summed E-state index contributed by atoms with van der Waals surface area (Å²) >= 11 is 0. The smallest absolute Gasteiger partial charge is 0.238 e. The Hall–Kier alpha value is -1.99. The second kappa shape index (κ2) is 5.79. The van der Waals surface area contributed by atoms with Crippen molar-refractivity contribution in [2.45, 2.75) is 18.4 Å². The molecule has 0 unspecified atom stereocenters. The van der Waals surface area contributed by atoms with E-state index in [1.54, 1.807) is 6.92 Å². The van der Waals surface area contributed by atoms with Gasteiger partial charge < -0.3 is 4.74 Å². The van der Waals surface area contributed by atoms with Gasteiger partial charge in [-0.05, 0) is 48.9 Å². The van der Waals surface area contributed by atoms with Crippen molar-refractivity contribution in [3.63, 3.8) is 0 Å². The van der Waals surface area contributed by atoms with Crippen LogP contribution in [0.2, 0.25) is 0 Å². The van der Waals surface area contributed by atoms with Gasteiger partial charge in [-0.2, -0.15) is 0 Å². The Bertz CT molecular complexity index is 776. The molecule has 0 amide bonds. The summed E-state index contributed by atoms with van der Waals surface area (Å²) in [6.45, 7) is 1.46. The van der Waals surface area contributed by atoms with Gasteiger partial charge in [0.1, 0.15) is 24.0 Å². The van der Waals surface area contributed by atoms with E-state index in [9.17, 15) is 17.2 Å². The van der Waals surface area contributed by atoms with Crippen LogP contribution < -0.4 is 9.88 Å². The Morgan fingerprint density at radius 1 is 1.14 bits per heavy atom. The lowest BCUT2D eigenvalue weighted by Crippen LogP contribution is -2.12. The molecule has 0 saturated heterocycles. The molecular formula is C14H13F2NO3S. The van der Waals surface area contributed by atoms with Crippen molar-refractivity contribution in [3.05, 3.63) is 59.2 Å². The van der Waals surface area contributed by atoms with E-state index in [2.05, 4.69) is 0 Å². The van der Waals surface area contributed by atoms with Gasteiger partial charge in [0, 0.05) is 5.56 Å². The topological polar surface area (TPSA) is 69.4 Å². The van der Waals surface area contributed by atoms with Gasteiger partial charge in [0.05, 0.1) is 4.90 Å². The van der Waals surface area contributed by atoms with Crippen LogP contribution in [-0.2, 0) is 16.6 Å². The third-order valence-electron chi connectivity index (χ3n) is 2.87. The Balaban J connectivity index is 2.19. The lowest BCUT2D eigenvalue weighted by Gasteiger charge is -2.11. The van der Waals surface area contributed by atoms with Crippen LogP contribution in [0.5, 0.6) is 5.75 Å². The van der Waals surface area contributed by atoms with Crippen molar-refractivity contribution >= 4 is 10.0 Å². The van der Waals surface area contributed by atoms with Gasteiger partial charge in [-0.1, -0.05) is 0 Å². The van der Waals surface area contributed by atoms with Gasteiger partial charge in [-0.3, -0.25) is 0 Å². The van der Waals surface area contributed by atoms with E-state index >= 15 is 0 Å². The zero-order valence-corrected chi connectivity index (χ0v) is 12.0.